The minimum atomic E-state index is -0.299. The summed E-state index contributed by atoms with van der Waals surface area (Å²) >= 11 is 1.68. The first-order valence-corrected chi connectivity index (χ1v) is 6.08. The van der Waals surface area contributed by atoms with Crippen molar-refractivity contribution in [3.63, 3.8) is 0 Å². The Morgan fingerprint density at radius 1 is 1.69 bits per heavy atom. The molecular weight excluding hydrogens is 186 g/mol. The Balaban J connectivity index is 2.28. The molecule has 1 aliphatic heterocycles. The summed E-state index contributed by atoms with van der Waals surface area (Å²) in [6.45, 7) is 1.36. The number of aliphatic hydroxyl groups excluding tert-OH is 1. The number of β-amino-alcohol motifs (C(OH)–C–C–N with tert-alkyl or cyclic N) is 1. The molecule has 13 heavy (non-hydrogen) atoms. The minimum Gasteiger partial charge on any atom is -0.391 e. The zero-order chi connectivity index (χ0) is 9.68. The van der Waals surface area contributed by atoms with Crippen LogP contribution in [0.3, 0.4) is 0 Å². The zero-order valence-corrected chi connectivity index (χ0v) is 8.85. The zero-order valence-electron chi connectivity index (χ0n) is 8.03. The van der Waals surface area contributed by atoms with E-state index in [1.54, 1.807) is 16.7 Å². The fourth-order valence-electron chi connectivity index (χ4n) is 1.53. The topological polar surface area (TPSA) is 40.5 Å². The first kappa shape index (κ1) is 10.9. The maximum absolute atomic E-state index is 11.5. The fraction of sp³-hybridized carbons (Fsp3) is 0.889. The molecule has 0 bridgehead atoms. The molecule has 0 aliphatic carbocycles. The Labute approximate surface area is 83.5 Å². The van der Waals surface area contributed by atoms with E-state index in [9.17, 15) is 9.90 Å². The van der Waals surface area contributed by atoms with Crippen LogP contribution in [0.2, 0.25) is 0 Å². The Hall–Kier alpha value is -0.220. The molecule has 0 spiro atoms. The summed E-state index contributed by atoms with van der Waals surface area (Å²) in [5.41, 5.74) is 0. The van der Waals surface area contributed by atoms with Crippen LogP contribution in [-0.2, 0) is 4.79 Å². The van der Waals surface area contributed by atoms with Gasteiger partial charge in [0.05, 0.1) is 6.10 Å². The molecule has 76 valence electrons. The second kappa shape index (κ2) is 5.50. The molecule has 1 saturated heterocycles. The number of likely N-dealkylation sites (tertiary alicyclic amines) is 1. The van der Waals surface area contributed by atoms with Crippen molar-refractivity contribution in [2.24, 2.45) is 0 Å². The first-order chi connectivity index (χ1) is 6.24. The molecule has 1 atom stereocenters. The average Bonchev–Trinajstić information content (AvgIpc) is 2.14. The third-order valence-corrected chi connectivity index (χ3v) is 2.88. The van der Waals surface area contributed by atoms with Crippen LogP contribution in [0.5, 0.6) is 0 Å². The van der Waals surface area contributed by atoms with Gasteiger partial charge in [0.25, 0.3) is 0 Å². The van der Waals surface area contributed by atoms with Gasteiger partial charge in [-0.05, 0) is 19.1 Å². The van der Waals surface area contributed by atoms with Gasteiger partial charge in [0, 0.05) is 25.3 Å². The summed E-state index contributed by atoms with van der Waals surface area (Å²) in [5, 5.41) is 9.35. The number of hydrogen-bond donors (Lipinski definition) is 1. The highest BCUT2D eigenvalue weighted by Gasteiger charge is 2.21. The number of piperidine rings is 1. The van der Waals surface area contributed by atoms with Crippen molar-refractivity contribution < 1.29 is 9.90 Å². The van der Waals surface area contributed by atoms with Crippen molar-refractivity contribution >= 4 is 17.7 Å². The Morgan fingerprint density at radius 3 is 3.08 bits per heavy atom. The van der Waals surface area contributed by atoms with Gasteiger partial charge in [0.1, 0.15) is 0 Å². The number of carbonyl (C=O) groups is 1. The molecule has 1 fully saturated rings. The third kappa shape index (κ3) is 3.56. The van der Waals surface area contributed by atoms with Crippen molar-refractivity contribution in [1.82, 2.24) is 4.90 Å². The van der Waals surface area contributed by atoms with Crippen LogP contribution < -0.4 is 0 Å². The molecule has 4 heteroatoms. The molecule has 3 nitrogen and oxygen atoms in total. The highest BCUT2D eigenvalue weighted by atomic mass is 32.2. The third-order valence-electron chi connectivity index (χ3n) is 2.27. The molecule has 1 heterocycles. The maximum atomic E-state index is 11.5. The van der Waals surface area contributed by atoms with Crippen molar-refractivity contribution in [3.8, 4) is 0 Å². The van der Waals surface area contributed by atoms with E-state index in [0.717, 1.165) is 25.1 Å². The summed E-state index contributed by atoms with van der Waals surface area (Å²) in [7, 11) is 0. The Bertz CT molecular complexity index is 175. The van der Waals surface area contributed by atoms with Crippen molar-refractivity contribution in [2.45, 2.75) is 25.4 Å². The summed E-state index contributed by atoms with van der Waals surface area (Å²) in [4.78, 5) is 13.3. The van der Waals surface area contributed by atoms with E-state index in [-0.39, 0.29) is 12.0 Å². The number of aliphatic hydroxyl groups is 1. The summed E-state index contributed by atoms with van der Waals surface area (Å²) in [6, 6.07) is 0. The van der Waals surface area contributed by atoms with E-state index in [0.29, 0.717) is 13.0 Å². The van der Waals surface area contributed by atoms with E-state index in [1.807, 2.05) is 6.26 Å². The lowest BCUT2D eigenvalue weighted by Gasteiger charge is -2.30. The van der Waals surface area contributed by atoms with Crippen LogP contribution >= 0.6 is 11.8 Å². The van der Waals surface area contributed by atoms with Gasteiger partial charge in [-0.3, -0.25) is 4.79 Å². The predicted octanol–water partition coefficient (Wildman–Crippen LogP) is 0.723. The lowest BCUT2D eigenvalue weighted by atomic mass is 10.1. The van der Waals surface area contributed by atoms with Crippen LogP contribution in [0.25, 0.3) is 0 Å². The molecule has 0 aromatic heterocycles. The normalized spacial score (nSPS) is 23.2. The van der Waals surface area contributed by atoms with Crippen LogP contribution in [0.4, 0.5) is 0 Å². The lowest BCUT2D eigenvalue weighted by molar-refractivity contribution is -0.133. The highest BCUT2D eigenvalue weighted by molar-refractivity contribution is 7.98. The molecule has 0 unspecified atom stereocenters. The molecule has 0 aromatic carbocycles. The molecule has 1 N–H and O–H groups in total. The number of hydrogen-bond acceptors (Lipinski definition) is 3. The van der Waals surface area contributed by atoms with Gasteiger partial charge in [-0.2, -0.15) is 11.8 Å². The van der Waals surface area contributed by atoms with Gasteiger partial charge >= 0.3 is 0 Å². The molecule has 1 amide bonds. The standard InChI is InChI=1S/C9H17NO2S/c1-13-6-4-9(12)10-5-2-3-8(11)7-10/h8,11H,2-7H2,1H3/t8-/m0/s1. The van der Waals surface area contributed by atoms with Gasteiger partial charge in [0.2, 0.25) is 5.91 Å². The number of nitrogens with zero attached hydrogens (tertiary/aromatic N) is 1. The van der Waals surface area contributed by atoms with Crippen molar-refractivity contribution in [3.05, 3.63) is 0 Å². The smallest absolute Gasteiger partial charge is 0.223 e. The Kier molecular flexibility index (Phi) is 4.59. The molecule has 0 saturated carbocycles. The Morgan fingerprint density at radius 2 is 2.46 bits per heavy atom. The summed E-state index contributed by atoms with van der Waals surface area (Å²) in [6.07, 6.45) is 4.08. The SMILES string of the molecule is CSCCC(=O)N1CCC[C@H](O)C1. The lowest BCUT2D eigenvalue weighted by Crippen LogP contribution is -2.42. The summed E-state index contributed by atoms with van der Waals surface area (Å²) in [5.74, 6) is 1.07. The second-order valence-corrected chi connectivity index (χ2v) is 4.36. The number of carbonyl (C=O) groups excluding carboxylic acids is 1. The van der Waals surface area contributed by atoms with Gasteiger partial charge in [-0.1, -0.05) is 0 Å². The second-order valence-electron chi connectivity index (χ2n) is 3.38. The van der Waals surface area contributed by atoms with E-state index in [1.165, 1.54) is 0 Å². The van der Waals surface area contributed by atoms with Gasteiger partial charge in [-0.15, -0.1) is 0 Å². The minimum absolute atomic E-state index is 0.188. The monoisotopic (exact) mass is 203 g/mol. The maximum Gasteiger partial charge on any atom is 0.223 e. The number of rotatable bonds is 3. The fourth-order valence-corrected chi connectivity index (χ4v) is 1.91. The molecular formula is C9H17NO2S. The van der Waals surface area contributed by atoms with E-state index >= 15 is 0 Å². The van der Waals surface area contributed by atoms with Gasteiger partial charge < -0.3 is 10.0 Å². The van der Waals surface area contributed by atoms with Crippen LogP contribution in [0, 0.1) is 0 Å². The van der Waals surface area contributed by atoms with E-state index in [2.05, 4.69) is 0 Å². The number of thioether (sulfide) groups is 1. The van der Waals surface area contributed by atoms with Gasteiger partial charge in [0.15, 0.2) is 0 Å². The van der Waals surface area contributed by atoms with Gasteiger partial charge in [-0.25, -0.2) is 0 Å². The van der Waals surface area contributed by atoms with Crippen LogP contribution in [-0.4, -0.2) is 47.1 Å². The largest absolute Gasteiger partial charge is 0.391 e. The molecule has 0 radical (unpaired) electrons. The number of amides is 1. The van der Waals surface area contributed by atoms with Crippen molar-refractivity contribution in [1.29, 1.82) is 0 Å². The van der Waals surface area contributed by atoms with Crippen molar-refractivity contribution in [2.75, 3.05) is 25.1 Å². The highest BCUT2D eigenvalue weighted by Crippen LogP contribution is 2.11. The van der Waals surface area contributed by atoms with Crippen LogP contribution in [0.15, 0.2) is 0 Å². The predicted molar refractivity (Wildman–Crippen MR) is 54.8 cm³/mol. The first-order valence-electron chi connectivity index (χ1n) is 4.69. The molecule has 0 aromatic rings. The quantitative estimate of drug-likeness (QED) is 0.735. The van der Waals surface area contributed by atoms with Crippen LogP contribution in [0.1, 0.15) is 19.3 Å². The molecule has 1 rings (SSSR count). The summed E-state index contributed by atoms with van der Waals surface area (Å²) < 4.78 is 0. The van der Waals surface area contributed by atoms with E-state index < -0.39 is 0 Å². The van der Waals surface area contributed by atoms with E-state index in [4.69, 9.17) is 0 Å². The average molecular weight is 203 g/mol. The molecule has 1 aliphatic rings.